The maximum Gasteiger partial charge on any atom is 0.162 e. The lowest BCUT2D eigenvalue weighted by molar-refractivity contribution is 0.0979. The van der Waals surface area contributed by atoms with Gasteiger partial charge in [-0.1, -0.05) is 81.8 Å². The van der Waals surface area contributed by atoms with E-state index in [1.54, 1.807) is 0 Å². The number of unbranched alkanes of at least 4 members (excludes halogenated alkanes) is 6. The van der Waals surface area contributed by atoms with Crippen molar-refractivity contribution in [3.05, 3.63) is 48.0 Å². The Balaban J connectivity index is 1.77. The van der Waals surface area contributed by atoms with Gasteiger partial charge in [-0.3, -0.25) is 4.79 Å². The molecule has 0 saturated heterocycles. The predicted octanol–water partition coefficient (Wildman–Crippen LogP) is 6.16. The summed E-state index contributed by atoms with van der Waals surface area (Å²) in [5.74, 6) is 0.286. The third-order valence-electron chi connectivity index (χ3n) is 4.08. The Morgan fingerprint density at radius 2 is 1.48 bits per heavy atom. The van der Waals surface area contributed by atoms with Gasteiger partial charge in [0.25, 0.3) is 0 Å². The van der Waals surface area contributed by atoms with Crippen LogP contribution in [0.5, 0.6) is 0 Å². The quantitative estimate of drug-likeness (QED) is 0.397. The second-order valence-electron chi connectivity index (χ2n) is 5.86. The molecule has 0 spiro atoms. The fourth-order valence-corrected chi connectivity index (χ4v) is 2.75. The van der Waals surface area contributed by atoms with Crippen LogP contribution in [0, 0.1) is 0 Å². The van der Waals surface area contributed by atoms with Crippen molar-refractivity contribution in [1.82, 2.24) is 0 Å². The standard InChI is InChI=1S/C20H26O/c1-2-3-4-5-6-7-8-13-20(21)19-15-14-17-11-9-10-12-18(17)16-19/h9-12,14-16H,2-8,13H2,1H3. The summed E-state index contributed by atoms with van der Waals surface area (Å²) in [5.41, 5.74) is 0.861. The van der Waals surface area contributed by atoms with Crippen molar-refractivity contribution < 1.29 is 4.79 Å². The number of hydrogen-bond acceptors (Lipinski definition) is 1. The lowest BCUT2D eigenvalue weighted by Gasteiger charge is -2.04. The Bertz CT molecular complexity index is 571. The average Bonchev–Trinajstić information content (AvgIpc) is 2.53. The first-order valence-corrected chi connectivity index (χ1v) is 8.33. The number of Topliss-reactive ketones (excluding diaryl/α,β-unsaturated/α-hetero) is 1. The first-order chi connectivity index (χ1) is 10.3. The van der Waals surface area contributed by atoms with Crippen LogP contribution in [-0.2, 0) is 0 Å². The molecule has 21 heavy (non-hydrogen) atoms. The third kappa shape index (κ3) is 5.00. The van der Waals surface area contributed by atoms with Gasteiger partial charge in [0.05, 0.1) is 0 Å². The van der Waals surface area contributed by atoms with Gasteiger partial charge in [0.2, 0.25) is 0 Å². The molecule has 0 radical (unpaired) electrons. The van der Waals surface area contributed by atoms with Crippen molar-refractivity contribution in [3.63, 3.8) is 0 Å². The van der Waals surface area contributed by atoms with Gasteiger partial charge in [-0.2, -0.15) is 0 Å². The van der Waals surface area contributed by atoms with Crippen molar-refractivity contribution >= 4 is 16.6 Å². The van der Waals surface area contributed by atoms with E-state index in [9.17, 15) is 4.79 Å². The SMILES string of the molecule is CCCCCCCCCC(=O)c1ccc2ccccc2c1. The van der Waals surface area contributed by atoms with Gasteiger partial charge in [0, 0.05) is 12.0 Å². The van der Waals surface area contributed by atoms with Crippen LogP contribution >= 0.6 is 0 Å². The van der Waals surface area contributed by atoms with Crippen molar-refractivity contribution in [2.45, 2.75) is 58.3 Å². The Morgan fingerprint density at radius 1 is 0.810 bits per heavy atom. The molecule has 0 atom stereocenters. The highest BCUT2D eigenvalue weighted by atomic mass is 16.1. The second kappa shape index (κ2) is 8.61. The highest BCUT2D eigenvalue weighted by molar-refractivity contribution is 5.99. The summed E-state index contributed by atoms with van der Waals surface area (Å²) < 4.78 is 0. The van der Waals surface area contributed by atoms with Gasteiger partial charge < -0.3 is 0 Å². The van der Waals surface area contributed by atoms with Crippen LogP contribution in [0.3, 0.4) is 0 Å². The maximum atomic E-state index is 12.2. The molecule has 0 fully saturated rings. The number of carbonyl (C=O) groups excluding carboxylic acids is 1. The average molecular weight is 282 g/mol. The summed E-state index contributed by atoms with van der Waals surface area (Å²) in [7, 11) is 0. The highest BCUT2D eigenvalue weighted by Crippen LogP contribution is 2.18. The van der Waals surface area contributed by atoms with E-state index < -0.39 is 0 Å². The van der Waals surface area contributed by atoms with E-state index in [1.165, 1.54) is 43.9 Å². The first kappa shape index (κ1) is 15.8. The fourth-order valence-electron chi connectivity index (χ4n) is 2.75. The Hall–Kier alpha value is -1.63. The number of rotatable bonds is 9. The van der Waals surface area contributed by atoms with E-state index >= 15 is 0 Å². The van der Waals surface area contributed by atoms with Crippen LogP contribution in [0.25, 0.3) is 10.8 Å². The second-order valence-corrected chi connectivity index (χ2v) is 5.86. The summed E-state index contributed by atoms with van der Waals surface area (Å²) in [6.45, 7) is 2.24. The van der Waals surface area contributed by atoms with Gasteiger partial charge in [-0.15, -0.1) is 0 Å². The number of hydrogen-bond donors (Lipinski definition) is 0. The molecule has 0 bridgehead atoms. The molecule has 0 N–H and O–H groups in total. The van der Waals surface area contributed by atoms with Crippen LogP contribution < -0.4 is 0 Å². The molecule has 0 amide bonds. The molecule has 0 heterocycles. The summed E-state index contributed by atoms with van der Waals surface area (Å²) in [6.07, 6.45) is 9.46. The molecule has 0 saturated carbocycles. The number of benzene rings is 2. The summed E-state index contributed by atoms with van der Waals surface area (Å²) in [4.78, 5) is 12.2. The molecule has 2 aromatic carbocycles. The minimum Gasteiger partial charge on any atom is -0.294 e. The molecule has 112 valence electrons. The Morgan fingerprint density at radius 3 is 2.24 bits per heavy atom. The predicted molar refractivity (Wildman–Crippen MR) is 90.9 cm³/mol. The largest absolute Gasteiger partial charge is 0.294 e. The molecule has 2 rings (SSSR count). The molecule has 2 aromatic rings. The zero-order chi connectivity index (χ0) is 14.9. The number of ketones is 1. The Kier molecular flexibility index (Phi) is 6.46. The number of carbonyl (C=O) groups is 1. The molecular weight excluding hydrogens is 256 g/mol. The zero-order valence-corrected chi connectivity index (χ0v) is 13.1. The third-order valence-corrected chi connectivity index (χ3v) is 4.08. The molecule has 1 heteroatoms. The van der Waals surface area contributed by atoms with Crippen molar-refractivity contribution in [1.29, 1.82) is 0 Å². The molecule has 1 nitrogen and oxygen atoms in total. The van der Waals surface area contributed by atoms with Crippen LogP contribution in [0.2, 0.25) is 0 Å². The van der Waals surface area contributed by atoms with E-state index in [1.807, 2.05) is 30.3 Å². The van der Waals surface area contributed by atoms with Crippen molar-refractivity contribution in [2.75, 3.05) is 0 Å². The first-order valence-electron chi connectivity index (χ1n) is 8.33. The van der Waals surface area contributed by atoms with E-state index in [4.69, 9.17) is 0 Å². The van der Waals surface area contributed by atoms with E-state index in [0.717, 1.165) is 17.4 Å². The molecular formula is C20H26O. The Labute approximate surface area is 128 Å². The highest BCUT2D eigenvalue weighted by Gasteiger charge is 2.06. The van der Waals surface area contributed by atoms with E-state index in [0.29, 0.717) is 6.42 Å². The van der Waals surface area contributed by atoms with Gasteiger partial charge in [0.1, 0.15) is 0 Å². The lowest BCUT2D eigenvalue weighted by Crippen LogP contribution is -1.98. The number of fused-ring (bicyclic) bond motifs is 1. The topological polar surface area (TPSA) is 17.1 Å². The van der Waals surface area contributed by atoms with Crippen molar-refractivity contribution in [2.24, 2.45) is 0 Å². The minimum atomic E-state index is 0.286. The minimum absolute atomic E-state index is 0.286. The van der Waals surface area contributed by atoms with Gasteiger partial charge >= 0.3 is 0 Å². The molecule has 0 aliphatic heterocycles. The van der Waals surface area contributed by atoms with Crippen LogP contribution in [-0.4, -0.2) is 5.78 Å². The van der Waals surface area contributed by atoms with E-state index in [2.05, 4.69) is 19.1 Å². The molecule has 0 unspecified atom stereocenters. The monoisotopic (exact) mass is 282 g/mol. The summed E-state index contributed by atoms with van der Waals surface area (Å²) in [5, 5.41) is 2.35. The maximum absolute atomic E-state index is 12.2. The smallest absolute Gasteiger partial charge is 0.162 e. The summed E-state index contributed by atoms with van der Waals surface area (Å²) >= 11 is 0. The van der Waals surface area contributed by atoms with Crippen molar-refractivity contribution in [3.8, 4) is 0 Å². The van der Waals surface area contributed by atoms with Gasteiger partial charge in [-0.05, 0) is 23.3 Å². The van der Waals surface area contributed by atoms with Crippen LogP contribution in [0.4, 0.5) is 0 Å². The molecule has 0 aliphatic carbocycles. The van der Waals surface area contributed by atoms with E-state index in [-0.39, 0.29) is 5.78 Å². The zero-order valence-electron chi connectivity index (χ0n) is 13.1. The summed E-state index contributed by atoms with van der Waals surface area (Å²) in [6, 6.07) is 14.2. The van der Waals surface area contributed by atoms with Gasteiger partial charge in [-0.25, -0.2) is 0 Å². The van der Waals surface area contributed by atoms with Gasteiger partial charge in [0.15, 0.2) is 5.78 Å². The van der Waals surface area contributed by atoms with Crippen LogP contribution in [0.15, 0.2) is 42.5 Å². The lowest BCUT2D eigenvalue weighted by atomic mass is 10.0. The molecule has 0 aliphatic rings. The normalized spacial score (nSPS) is 10.9. The van der Waals surface area contributed by atoms with Crippen LogP contribution in [0.1, 0.15) is 68.6 Å². The molecule has 0 aromatic heterocycles. The fraction of sp³-hybridized carbons (Fsp3) is 0.450.